The van der Waals surface area contributed by atoms with Crippen molar-refractivity contribution in [3.05, 3.63) is 48.3 Å². The zero-order valence-electron chi connectivity index (χ0n) is 12.7. The Hall–Kier alpha value is -2.16. The summed E-state index contributed by atoms with van der Waals surface area (Å²) in [6.07, 6.45) is 11.0. The van der Waals surface area contributed by atoms with Gasteiger partial charge in [0.1, 0.15) is 5.75 Å². The van der Waals surface area contributed by atoms with Gasteiger partial charge in [-0.15, -0.1) is 0 Å². The molecule has 0 radical (unpaired) electrons. The van der Waals surface area contributed by atoms with Gasteiger partial charge in [0.15, 0.2) is 5.82 Å². The highest BCUT2D eigenvalue weighted by molar-refractivity contribution is 5.58. The molecular weight excluding hydrogens is 260 g/mol. The Morgan fingerprint density at radius 3 is 2.62 bits per heavy atom. The van der Waals surface area contributed by atoms with Crippen molar-refractivity contribution in [2.45, 2.75) is 32.6 Å². The average molecular weight is 282 g/mol. The first-order valence-electron chi connectivity index (χ1n) is 7.47. The number of unbranched alkanes of at least 4 members (excludes halogenated alkanes) is 3. The second-order valence-electron chi connectivity index (χ2n) is 4.93. The lowest BCUT2D eigenvalue weighted by atomic mass is 10.2. The van der Waals surface area contributed by atoms with Crippen LogP contribution in [0, 0.1) is 0 Å². The van der Waals surface area contributed by atoms with E-state index in [0.29, 0.717) is 0 Å². The van der Waals surface area contributed by atoms with Crippen molar-refractivity contribution >= 4 is 6.08 Å². The molecular formula is C18H22N2O. The fraction of sp³-hybridized carbons (Fsp3) is 0.333. The lowest BCUT2D eigenvalue weighted by Gasteiger charge is -2.03. The Labute approximate surface area is 126 Å². The molecule has 1 aromatic carbocycles. The van der Waals surface area contributed by atoms with Crippen LogP contribution in [0.5, 0.6) is 5.75 Å². The largest absolute Gasteiger partial charge is 0.497 e. The summed E-state index contributed by atoms with van der Waals surface area (Å²) in [4.78, 5) is 8.91. The molecule has 0 aliphatic heterocycles. The third kappa shape index (κ3) is 4.71. The summed E-state index contributed by atoms with van der Waals surface area (Å²) in [6.45, 7) is 2.22. The first kappa shape index (κ1) is 15.2. The highest BCUT2D eigenvalue weighted by Crippen LogP contribution is 2.19. The van der Waals surface area contributed by atoms with Crippen LogP contribution in [0.1, 0.15) is 38.3 Å². The lowest BCUT2D eigenvalue weighted by Crippen LogP contribution is -1.91. The molecule has 0 aliphatic rings. The predicted octanol–water partition coefficient (Wildman–Crippen LogP) is 4.75. The topological polar surface area (TPSA) is 35.0 Å². The van der Waals surface area contributed by atoms with E-state index in [1.165, 1.54) is 19.3 Å². The average Bonchev–Trinajstić information content (AvgIpc) is 2.55. The van der Waals surface area contributed by atoms with Gasteiger partial charge in [0, 0.05) is 11.8 Å². The van der Waals surface area contributed by atoms with Crippen LogP contribution < -0.4 is 4.74 Å². The number of allylic oxidation sites excluding steroid dienone is 1. The maximum absolute atomic E-state index is 5.16. The standard InChI is InChI=1S/C18H22N2O/c1-3-4-5-6-7-8-16-13-14-19-18(20-16)15-9-11-17(21-2)12-10-15/h7-14H,3-6H2,1-2H3/b8-7+. The minimum Gasteiger partial charge on any atom is -0.497 e. The third-order valence-corrected chi connectivity index (χ3v) is 3.29. The second-order valence-corrected chi connectivity index (χ2v) is 4.93. The van der Waals surface area contributed by atoms with Gasteiger partial charge in [-0.2, -0.15) is 0 Å². The summed E-state index contributed by atoms with van der Waals surface area (Å²) in [6, 6.07) is 9.73. The van der Waals surface area contributed by atoms with Crippen LogP contribution in [0.15, 0.2) is 42.6 Å². The number of hydrogen-bond donors (Lipinski definition) is 0. The van der Waals surface area contributed by atoms with Crippen molar-refractivity contribution in [3.63, 3.8) is 0 Å². The van der Waals surface area contributed by atoms with E-state index in [2.05, 4.69) is 29.0 Å². The molecule has 0 amide bonds. The SMILES string of the molecule is CCCCC/C=C/c1ccnc(-c2ccc(OC)cc2)n1. The lowest BCUT2D eigenvalue weighted by molar-refractivity contribution is 0.415. The van der Waals surface area contributed by atoms with Crippen molar-refractivity contribution in [2.24, 2.45) is 0 Å². The molecule has 0 atom stereocenters. The summed E-state index contributed by atoms with van der Waals surface area (Å²) >= 11 is 0. The maximum atomic E-state index is 5.16. The predicted molar refractivity (Wildman–Crippen MR) is 87.2 cm³/mol. The zero-order chi connectivity index (χ0) is 14.9. The molecule has 2 rings (SSSR count). The summed E-state index contributed by atoms with van der Waals surface area (Å²) in [7, 11) is 1.66. The molecule has 1 aromatic heterocycles. The highest BCUT2D eigenvalue weighted by Gasteiger charge is 2.01. The van der Waals surface area contributed by atoms with Gasteiger partial charge in [0.2, 0.25) is 0 Å². The molecule has 0 fully saturated rings. The minimum atomic E-state index is 0.744. The highest BCUT2D eigenvalue weighted by atomic mass is 16.5. The molecule has 0 N–H and O–H groups in total. The van der Waals surface area contributed by atoms with E-state index in [9.17, 15) is 0 Å². The van der Waals surface area contributed by atoms with E-state index < -0.39 is 0 Å². The van der Waals surface area contributed by atoms with Crippen LogP contribution in [-0.4, -0.2) is 17.1 Å². The van der Waals surface area contributed by atoms with E-state index in [0.717, 1.165) is 29.3 Å². The Morgan fingerprint density at radius 1 is 1.10 bits per heavy atom. The summed E-state index contributed by atoms with van der Waals surface area (Å²) in [5.74, 6) is 1.58. The Balaban J connectivity index is 2.06. The molecule has 1 heterocycles. The Bertz CT molecular complexity index is 576. The van der Waals surface area contributed by atoms with Crippen molar-refractivity contribution < 1.29 is 4.74 Å². The van der Waals surface area contributed by atoms with E-state index in [-0.39, 0.29) is 0 Å². The van der Waals surface area contributed by atoms with E-state index >= 15 is 0 Å². The van der Waals surface area contributed by atoms with Gasteiger partial charge < -0.3 is 4.74 Å². The van der Waals surface area contributed by atoms with Crippen molar-refractivity contribution in [1.29, 1.82) is 0 Å². The van der Waals surface area contributed by atoms with Gasteiger partial charge in [0.05, 0.1) is 12.8 Å². The normalized spacial score (nSPS) is 11.0. The number of methoxy groups -OCH3 is 1. The summed E-state index contributed by atoms with van der Waals surface area (Å²) in [5.41, 5.74) is 1.95. The van der Waals surface area contributed by atoms with Crippen LogP contribution in [0.4, 0.5) is 0 Å². The molecule has 0 aliphatic carbocycles. The van der Waals surface area contributed by atoms with Gasteiger partial charge in [0.25, 0.3) is 0 Å². The van der Waals surface area contributed by atoms with Crippen LogP contribution in [0.3, 0.4) is 0 Å². The fourth-order valence-corrected chi connectivity index (χ4v) is 2.06. The molecule has 0 saturated carbocycles. The zero-order valence-corrected chi connectivity index (χ0v) is 12.7. The second kappa shape index (κ2) is 8.20. The number of aromatic nitrogens is 2. The van der Waals surface area contributed by atoms with Crippen LogP contribution in [0.25, 0.3) is 17.5 Å². The van der Waals surface area contributed by atoms with Gasteiger partial charge in [-0.3, -0.25) is 0 Å². The first-order chi connectivity index (χ1) is 10.3. The molecule has 3 nitrogen and oxygen atoms in total. The van der Waals surface area contributed by atoms with Crippen LogP contribution >= 0.6 is 0 Å². The fourth-order valence-electron chi connectivity index (χ4n) is 2.06. The Morgan fingerprint density at radius 2 is 1.90 bits per heavy atom. The van der Waals surface area contributed by atoms with E-state index in [4.69, 9.17) is 4.74 Å². The molecule has 0 bridgehead atoms. The minimum absolute atomic E-state index is 0.744. The number of rotatable bonds is 7. The summed E-state index contributed by atoms with van der Waals surface area (Å²) in [5, 5.41) is 0. The molecule has 0 spiro atoms. The van der Waals surface area contributed by atoms with Gasteiger partial charge in [-0.25, -0.2) is 9.97 Å². The van der Waals surface area contributed by atoms with Crippen molar-refractivity contribution in [1.82, 2.24) is 9.97 Å². The quantitative estimate of drug-likeness (QED) is 0.688. The number of hydrogen-bond acceptors (Lipinski definition) is 3. The molecule has 110 valence electrons. The molecule has 0 saturated heterocycles. The summed E-state index contributed by atoms with van der Waals surface area (Å²) < 4.78 is 5.16. The van der Waals surface area contributed by atoms with E-state index in [1.54, 1.807) is 13.3 Å². The van der Waals surface area contributed by atoms with Gasteiger partial charge >= 0.3 is 0 Å². The Kier molecular flexibility index (Phi) is 5.95. The van der Waals surface area contributed by atoms with Crippen LogP contribution in [0.2, 0.25) is 0 Å². The van der Waals surface area contributed by atoms with Crippen molar-refractivity contribution in [3.8, 4) is 17.1 Å². The van der Waals surface area contributed by atoms with Crippen molar-refractivity contribution in [2.75, 3.05) is 7.11 Å². The maximum Gasteiger partial charge on any atom is 0.159 e. The molecule has 3 heteroatoms. The number of ether oxygens (including phenoxy) is 1. The van der Waals surface area contributed by atoms with Crippen LogP contribution in [-0.2, 0) is 0 Å². The van der Waals surface area contributed by atoms with Gasteiger partial charge in [-0.05, 0) is 49.2 Å². The molecule has 2 aromatic rings. The molecule has 21 heavy (non-hydrogen) atoms. The third-order valence-electron chi connectivity index (χ3n) is 3.29. The van der Waals surface area contributed by atoms with Gasteiger partial charge in [-0.1, -0.05) is 25.8 Å². The smallest absolute Gasteiger partial charge is 0.159 e. The molecule has 0 unspecified atom stereocenters. The monoisotopic (exact) mass is 282 g/mol. The number of nitrogens with zero attached hydrogens (tertiary/aromatic N) is 2. The number of benzene rings is 1. The first-order valence-corrected chi connectivity index (χ1v) is 7.47. The van der Waals surface area contributed by atoms with E-state index in [1.807, 2.05) is 30.3 Å².